The third-order valence-corrected chi connectivity index (χ3v) is 2.61. The first-order chi connectivity index (χ1) is 7.79. The van der Waals surface area contributed by atoms with Crippen LogP contribution in [0.25, 0.3) is 0 Å². The Morgan fingerprint density at radius 1 is 1.50 bits per heavy atom. The molecule has 3 N–H and O–H groups in total. The maximum absolute atomic E-state index is 11.8. The lowest BCUT2D eigenvalue weighted by Crippen LogP contribution is -2.29. The highest BCUT2D eigenvalue weighted by molar-refractivity contribution is 5.94. The molecule has 2 heterocycles. The summed E-state index contributed by atoms with van der Waals surface area (Å²) in [6, 6.07) is 3.49. The molecule has 0 aromatic carbocycles. The fourth-order valence-electron chi connectivity index (χ4n) is 1.73. The number of nitrogens with two attached hydrogens (primary N) is 1. The Bertz CT molecular complexity index is 356. The molecule has 1 amide bonds. The van der Waals surface area contributed by atoms with Crippen molar-refractivity contribution in [3.63, 3.8) is 0 Å². The Hall–Kier alpha value is -1.46. The summed E-state index contributed by atoms with van der Waals surface area (Å²) in [5, 5.41) is 2.78. The van der Waals surface area contributed by atoms with Crippen LogP contribution in [0.1, 0.15) is 12.8 Å². The number of pyridine rings is 1. The maximum atomic E-state index is 11.8. The van der Waals surface area contributed by atoms with Crippen LogP contribution in [0.4, 0.5) is 5.69 Å². The summed E-state index contributed by atoms with van der Waals surface area (Å²) in [6.45, 7) is 0.471. The molecule has 16 heavy (non-hydrogen) atoms. The van der Waals surface area contributed by atoms with Gasteiger partial charge >= 0.3 is 0 Å². The number of nitrogens with zero attached hydrogens (tertiary/aromatic N) is 1. The minimum absolute atomic E-state index is 0.0215. The molecule has 0 saturated carbocycles. The number of carbonyl (C=O) groups is 1. The second-order valence-electron chi connectivity index (χ2n) is 3.78. The van der Waals surface area contributed by atoms with Crippen molar-refractivity contribution in [1.82, 2.24) is 4.98 Å². The predicted molar refractivity (Wildman–Crippen MR) is 59.8 cm³/mol. The first-order valence-electron chi connectivity index (χ1n) is 5.36. The standard InChI is InChI=1S/C11H15N3O2/c12-7-9-1-2-10(16-9)11(15)14-8-3-5-13-6-4-8/h3-6,9-10H,1-2,7,12H2,(H,13,14,15). The van der Waals surface area contributed by atoms with Gasteiger partial charge in [-0.3, -0.25) is 9.78 Å². The van der Waals surface area contributed by atoms with Gasteiger partial charge < -0.3 is 15.8 Å². The number of carbonyl (C=O) groups excluding carboxylic acids is 1. The van der Waals surface area contributed by atoms with Gasteiger partial charge in [-0.15, -0.1) is 0 Å². The number of hydrogen-bond donors (Lipinski definition) is 2. The van der Waals surface area contributed by atoms with E-state index in [1.165, 1.54) is 0 Å². The average Bonchev–Trinajstić information content (AvgIpc) is 2.79. The van der Waals surface area contributed by atoms with Gasteiger partial charge in [0.25, 0.3) is 5.91 Å². The molecule has 5 heteroatoms. The minimum Gasteiger partial charge on any atom is -0.364 e. The van der Waals surface area contributed by atoms with Gasteiger partial charge in [-0.1, -0.05) is 0 Å². The number of ether oxygens (including phenoxy) is 1. The lowest BCUT2D eigenvalue weighted by molar-refractivity contribution is -0.126. The van der Waals surface area contributed by atoms with Crippen LogP contribution in [0.2, 0.25) is 0 Å². The zero-order valence-corrected chi connectivity index (χ0v) is 8.93. The number of anilines is 1. The summed E-state index contributed by atoms with van der Waals surface area (Å²) in [6.07, 6.45) is 4.50. The van der Waals surface area contributed by atoms with Gasteiger partial charge in [0.2, 0.25) is 0 Å². The SMILES string of the molecule is NCC1CCC(C(=O)Nc2ccncc2)O1. The normalized spacial score (nSPS) is 24.3. The third kappa shape index (κ3) is 2.56. The van der Waals surface area contributed by atoms with Crippen molar-refractivity contribution in [3.05, 3.63) is 24.5 Å². The summed E-state index contributed by atoms with van der Waals surface area (Å²) >= 11 is 0. The van der Waals surface area contributed by atoms with Crippen LogP contribution in [-0.2, 0) is 9.53 Å². The Morgan fingerprint density at radius 3 is 2.88 bits per heavy atom. The van der Waals surface area contributed by atoms with E-state index in [1.807, 2.05) is 0 Å². The van der Waals surface area contributed by atoms with E-state index in [4.69, 9.17) is 10.5 Å². The molecule has 2 atom stereocenters. The summed E-state index contributed by atoms with van der Waals surface area (Å²) in [5.74, 6) is -0.109. The molecular formula is C11H15N3O2. The molecule has 1 aromatic rings. The summed E-state index contributed by atoms with van der Waals surface area (Å²) in [4.78, 5) is 15.7. The lowest BCUT2D eigenvalue weighted by atomic mass is 10.2. The highest BCUT2D eigenvalue weighted by Gasteiger charge is 2.29. The van der Waals surface area contributed by atoms with E-state index >= 15 is 0 Å². The molecule has 86 valence electrons. The molecule has 1 aliphatic rings. The smallest absolute Gasteiger partial charge is 0.253 e. The van der Waals surface area contributed by atoms with Crippen molar-refractivity contribution < 1.29 is 9.53 Å². The Kier molecular flexibility index (Phi) is 3.48. The molecule has 1 aliphatic heterocycles. The first kappa shape index (κ1) is 11.0. The fraction of sp³-hybridized carbons (Fsp3) is 0.455. The second-order valence-corrected chi connectivity index (χ2v) is 3.78. The van der Waals surface area contributed by atoms with E-state index in [1.54, 1.807) is 24.5 Å². The van der Waals surface area contributed by atoms with Gasteiger partial charge in [-0.25, -0.2) is 0 Å². The minimum atomic E-state index is -0.373. The Labute approximate surface area is 94.0 Å². The number of amides is 1. The monoisotopic (exact) mass is 221 g/mol. The number of hydrogen-bond acceptors (Lipinski definition) is 4. The third-order valence-electron chi connectivity index (χ3n) is 2.61. The topological polar surface area (TPSA) is 77.2 Å². The van der Waals surface area contributed by atoms with Gasteiger partial charge in [0.1, 0.15) is 6.10 Å². The van der Waals surface area contributed by atoms with E-state index < -0.39 is 0 Å². The van der Waals surface area contributed by atoms with E-state index in [-0.39, 0.29) is 18.1 Å². The maximum Gasteiger partial charge on any atom is 0.253 e. The number of nitrogens with one attached hydrogen (secondary N) is 1. The fourth-order valence-corrected chi connectivity index (χ4v) is 1.73. The van der Waals surface area contributed by atoms with Gasteiger partial charge in [0, 0.05) is 24.6 Å². The van der Waals surface area contributed by atoms with Crippen molar-refractivity contribution in [2.24, 2.45) is 5.73 Å². The highest BCUT2D eigenvalue weighted by Crippen LogP contribution is 2.20. The Morgan fingerprint density at radius 2 is 2.25 bits per heavy atom. The summed E-state index contributed by atoms with van der Waals surface area (Å²) in [5.41, 5.74) is 6.22. The molecule has 0 aliphatic carbocycles. The summed E-state index contributed by atoms with van der Waals surface area (Å²) < 4.78 is 5.49. The van der Waals surface area contributed by atoms with Crippen LogP contribution >= 0.6 is 0 Å². The quantitative estimate of drug-likeness (QED) is 0.780. The molecule has 1 saturated heterocycles. The van der Waals surface area contributed by atoms with Gasteiger partial charge in [0.15, 0.2) is 0 Å². The molecule has 0 spiro atoms. The van der Waals surface area contributed by atoms with Crippen molar-refractivity contribution >= 4 is 11.6 Å². The highest BCUT2D eigenvalue weighted by atomic mass is 16.5. The second kappa shape index (κ2) is 5.05. The van der Waals surface area contributed by atoms with Crippen LogP contribution in [0.15, 0.2) is 24.5 Å². The van der Waals surface area contributed by atoms with E-state index in [2.05, 4.69) is 10.3 Å². The van der Waals surface area contributed by atoms with Crippen LogP contribution < -0.4 is 11.1 Å². The molecule has 1 fully saturated rings. The average molecular weight is 221 g/mol. The van der Waals surface area contributed by atoms with Gasteiger partial charge in [-0.2, -0.15) is 0 Å². The van der Waals surface area contributed by atoms with Crippen LogP contribution in [-0.4, -0.2) is 29.6 Å². The zero-order valence-electron chi connectivity index (χ0n) is 8.93. The summed E-state index contributed by atoms with van der Waals surface area (Å²) in [7, 11) is 0. The molecule has 2 rings (SSSR count). The largest absolute Gasteiger partial charge is 0.364 e. The zero-order chi connectivity index (χ0) is 11.4. The van der Waals surface area contributed by atoms with E-state index in [0.717, 1.165) is 18.5 Å². The van der Waals surface area contributed by atoms with Gasteiger partial charge in [0.05, 0.1) is 6.10 Å². The number of rotatable bonds is 3. The van der Waals surface area contributed by atoms with Crippen molar-refractivity contribution in [3.8, 4) is 0 Å². The Balaban J connectivity index is 1.90. The molecule has 2 unspecified atom stereocenters. The van der Waals surface area contributed by atoms with Crippen molar-refractivity contribution in [2.75, 3.05) is 11.9 Å². The number of aromatic nitrogens is 1. The van der Waals surface area contributed by atoms with Crippen LogP contribution in [0.3, 0.4) is 0 Å². The van der Waals surface area contributed by atoms with Crippen molar-refractivity contribution in [1.29, 1.82) is 0 Å². The van der Waals surface area contributed by atoms with E-state index in [0.29, 0.717) is 6.54 Å². The van der Waals surface area contributed by atoms with Crippen molar-refractivity contribution in [2.45, 2.75) is 25.0 Å². The molecule has 0 bridgehead atoms. The molecular weight excluding hydrogens is 206 g/mol. The molecule has 1 aromatic heterocycles. The molecule has 0 radical (unpaired) electrons. The van der Waals surface area contributed by atoms with Gasteiger partial charge in [-0.05, 0) is 25.0 Å². The molecule has 5 nitrogen and oxygen atoms in total. The van der Waals surface area contributed by atoms with Crippen LogP contribution in [0, 0.1) is 0 Å². The van der Waals surface area contributed by atoms with Crippen LogP contribution in [0.5, 0.6) is 0 Å². The predicted octanol–water partition coefficient (Wildman–Crippen LogP) is 0.526. The first-order valence-corrected chi connectivity index (χ1v) is 5.36. The van der Waals surface area contributed by atoms with E-state index in [9.17, 15) is 4.79 Å². The lowest BCUT2D eigenvalue weighted by Gasteiger charge is -2.12.